The van der Waals surface area contributed by atoms with Crippen LogP contribution in [0, 0.1) is 0 Å². The predicted molar refractivity (Wildman–Crippen MR) is 91.3 cm³/mol. The fourth-order valence-electron chi connectivity index (χ4n) is 1.98. The highest BCUT2D eigenvalue weighted by atomic mass is 79.9. The number of benzene rings is 2. The smallest absolute Gasteiger partial charge is 0.0231 e. The third-order valence-corrected chi connectivity index (χ3v) is 5.08. The van der Waals surface area contributed by atoms with Crippen LogP contribution in [-0.2, 0) is 12.0 Å². The Balaban J connectivity index is 2.25. The molecule has 0 bridgehead atoms. The Morgan fingerprint density at radius 3 is 2.25 bits per heavy atom. The van der Waals surface area contributed by atoms with E-state index >= 15 is 0 Å². The molecule has 0 amide bonds. The van der Waals surface area contributed by atoms with Gasteiger partial charge in [-0.2, -0.15) is 0 Å². The van der Waals surface area contributed by atoms with Gasteiger partial charge in [0.05, 0.1) is 0 Å². The van der Waals surface area contributed by atoms with Crippen LogP contribution >= 0.6 is 27.7 Å². The highest BCUT2D eigenvalue weighted by molar-refractivity contribution is 9.10. The Morgan fingerprint density at radius 2 is 1.70 bits per heavy atom. The van der Waals surface area contributed by atoms with E-state index in [1.54, 1.807) is 11.8 Å². The van der Waals surface area contributed by atoms with Crippen LogP contribution in [0.3, 0.4) is 0 Å². The molecule has 0 aliphatic carbocycles. The molecule has 0 spiro atoms. The van der Waals surface area contributed by atoms with Gasteiger partial charge in [0.1, 0.15) is 0 Å². The second-order valence-corrected chi connectivity index (χ2v) is 7.77. The average molecular weight is 350 g/mol. The number of rotatable bonds is 3. The normalized spacial score (nSPS) is 11.7. The molecule has 2 rings (SSSR count). The van der Waals surface area contributed by atoms with Gasteiger partial charge in [0, 0.05) is 20.8 Å². The SMILES string of the molecule is CC(C)(C)c1ccc(Sc2cccc(Br)c2CN)cc1. The van der Waals surface area contributed by atoms with E-state index in [0.29, 0.717) is 6.54 Å². The van der Waals surface area contributed by atoms with E-state index in [4.69, 9.17) is 5.73 Å². The summed E-state index contributed by atoms with van der Waals surface area (Å²) in [5, 5.41) is 0. The largest absolute Gasteiger partial charge is 0.326 e. The summed E-state index contributed by atoms with van der Waals surface area (Å²) in [5.74, 6) is 0. The molecular formula is C17H20BrNS. The molecule has 0 unspecified atom stereocenters. The van der Waals surface area contributed by atoms with Crippen molar-refractivity contribution in [3.63, 3.8) is 0 Å². The van der Waals surface area contributed by atoms with Gasteiger partial charge in [0.2, 0.25) is 0 Å². The second-order valence-electron chi connectivity index (χ2n) is 5.80. The van der Waals surface area contributed by atoms with Crippen LogP contribution in [0.4, 0.5) is 0 Å². The standard InChI is InChI=1S/C17H20BrNS/c1-17(2,3)12-7-9-13(10-8-12)20-16-6-4-5-15(18)14(16)11-19/h4-10H,11,19H2,1-3H3. The zero-order chi connectivity index (χ0) is 14.8. The molecule has 3 heteroatoms. The zero-order valence-corrected chi connectivity index (χ0v) is 14.5. The number of halogens is 1. The first-order valence-corrected chi connectivity index (χ1v) is 8.28. The zero-order valence-electron chi connectivity index (χ0n) is 12.1. The van der Waals surface area contributed by atoms with Crippen molar-refractivity contribution >= 4 is 27.7 Å². The van der Waals surface area contributed by atoms with Gasteiger partial charge < -0.3 is 5.73 Å². The summed E-state index contributed by atoms with van der Waals surface area (Å²) in [6.07, 6.45) is 0. The van der Waals surface area contributed by atoms with E-state index in [9.17, 15) is 0 Å². The van der Waals surface area contributed by atoms with Gasteiger partial charge in [-0.15, -0.1) is 0 Å². The van der Waals surface area contributed by atoms with Crippen LogP contribution < -0.4 is 5.73 Å². The van der Waals surface area contributed by atoms with Gasteiger partial charge in [-0.25, -0.2) is 0 Å². The lowest BCUT2D eigenvalue weighted by Crippen LogP contribution is -2.10. The van der Waals surface area contributed by atoms with Crippen molar-refractivity contribution in [3.8, 4) is 0 Å². The lowest BCUT2D eigenvalue weighted by molar-refractivity contribution is 0.590. The monoisotopic (exact) mass is 349 g/mol. The molecule has 1 nitrogen and oxygen atoms in total. The highest BCUT2D eigenvalue weighted by Crippen LogP contribution is 2.34. The Labute approximate surface area is 134 Å². The Hall–Kier alpha value is -0.770. The van der Waals surface area contributed by atoms with Crippen LogP contribution in [0.1, 0.15) is 31.9 Å². The summed E-state index contributed by atoms with van der Waals surface area (Å²) in [5.41, 5.74) is 8.56. The van der Waals surface area contributed by atoms with E-state index in [1.165, 1.54) is 15.4 Å². The fourth-order valence-corrected chi connectivity index (χ4v) is 3.63. The lowest BCUT2D eigenvalue weighted by Gasteiger charge is -2.19. The maximum absolute atomic E-state index is 5.84. The third kappa shape index (κ3) is 3.66. The van der Waals surface area contributed by atoms with E-state index < -0.39 is 0 Å². The average Bonchev–Trinajstić information content (AvgIpc) is 2.38. The van der Waals surface area contributed by atoms with Crippen molar-refractivity contribution in [1.29, 1.82) is 0 Å². The maximum atomic E-state index is 5.84. The molecule has 0 aliphatic heterocycles. The number of nitrogens with two attached hydrogens (primary N) is 1. The summed E-state index contributed by atoms with van der Waals surface area (Å²) in [6.45, 7) is 7.24. The van der Waals surface area contributed by atoms with Crippen molar-refractivity contribution in [3.05, 3.63) is 58.1 Å². The van der Waals surface area contributed by atoms with E-state index in [1.807, 2.05) is 6.07 Å². The molecule has 0 heterocycles. The van der Waals surface area contributed by atoms with Gasteiger partial charge in [-0.05, 0) is 40.8 Å². The summed E-state index contributed by atoms with van der Waals surface area (Å²) in [7, 11) is 0. The molecule has 106 valence electrons. The molecular weight excluding hydrogens is 330 g/mol. The maximum Gasteiger partial charge on any atom is 0.0231 e. The van der Waals surface area contributed by atoms with Gasteiger partial charge in [-0.3, -0.25) is 0 Å². The summed E-state index contributed by atoms with van der Waals surface area (Å²) < 4.78 is 1.08. The molecule has 0 atom stereocenters. The summed E-state index contributed by atoms with van der Waals surface area (Å²) in [4.78, 5) is 2.45. The van der Waals surface area contributed by atoms with E-state index in [2.05, 4.69) is 73.1 Å². The van der Waals surface area contributed by atoms with E-state index in [0.717, 1.165) is 10.0 Å². The van der Waals surface area contributed by atoms with Gasteiger partial charge in [0.25, 0.3) is 0 Å². The van der Waals surface area contributed by atoms with E-state index in [-0.39, 0.29) is 5.41 Å². The Morgan fingerprint density at radius 1 is 1.05 bits per heavy atom. The first kappa shape index (κ1) is 15.6. The molecule has 0 aliphatic rings. The fraction of sp³-hybridized carbons (Fsp3) is 0.294. The first-order valence-electron chi connectivity index (χ1n) is 6.67. The molecule has 2 N–H and O–H groups in total. The molecule has 0 saturated heterocycles. The Bertz CT molecular complexity index is 585. The van der Waals surface area contributed by atoms with Crippen molar-refractivity contribution in [2.45, 2.75) is 42.5 Å². The van der Waals surface area contributed by atoms with Crippen molar-refractivity contribution in [1.82, 2.24) is 0 Å². The highest BCUT2D eigenvalue weighted by Gasteiger charge is 2.13. The van der Waals surface area contributed by atoms with Crippen LogP contribution in [0.15, 0.2) is 56.7 Å². The second kappa shape index (κ2) is 6.33. The molecule has 2 aromatic rings. The van der Waals surface area contributed by atoms with Crippen LogP contribution in [-0.4, -0.2) is 0 Å². The minimum absolute atomic E-state index is 0.196. The molecule has 0 fully saturated rings. The topological polar surface area (TPSA) is 26.0 Å². The molecule has 0 aromatic heterocycles. The molecule has 0 radical (unpaired) electrons. The van der Waals surface area contributed by atoms with Gasteiger partial charge in [0.15, 0.2) is 0 Å². The summed E-state index contributed by atoms with van der Waals surface area (Å²) >= 11 is 5.33. The quantitative estimate of drug-likeness (QED) is 0.807. The van der Waals surface area contributed by atoms with Crippen LogP contribution in [0.25, 0.3) is 0 Å². The van der Waals surface area contributed by atoms with Crippen molar-refractivity contribution in [2.75, 3.05) is 0 Å². The minimum atomic E-state index is 0.196. The lowest BCUT2D eigenvalue weighted by atomic mass is 9.87. The third-order valence-electron chi connectivity index (χ3n) is 3.23. The van der Waals surface area contributed by atoms with Crippen molar-refractivity contribution < 1.29 is 0 Å². The number of hydrogen-bond donors (Lipinski definition) is 1. The predicted octanol–water partition coefficient (Wildman–Crippen LogP) is 5.36. The molecule has 2 aromatic carbocycles. The Kier molecular flexibility index (Phi) is 4.95. The van der Waals surface area contributed by atoms with Crippen LogP contribution in [0.5, 0.6) is 0 Å². The molecule has 20 heavy (non-hydrogen) atoms. The minimum Gasteiger partial charge on any atom is -0.326 e. The molecule has 0 saturated carbocycles. The van der Waals surface area contributed by atoms with Gasteiger partial charge >= 0.3 is 0 Å². The van der Waals surface area contributed by atoms with Crippen LogP contribution in [0.2, 0.25) is 0 Å². The van der Waals surface area contributed by atoms with Gasteiger partial charge in [-0.1, -0.05) is 66.7 Å². The number of hydrogen-bond acceptors (Lipinski definition) is 2. The first-order chi connectivity index (χ1) is 9.41. The summed E-state index contributed by atoms with van der Waals surface area (Å²) in [6, 6.07) is 15.0. The van der Waals surface area contributed by atoms with Crippen molar-refractivity contribution in [2.24, 2.45) is 5.73 Å².